The van der Waals surface area contributed by atoms with E-state index in [2.05, 4.69) is 15.9 Å². The molecule has 0 amide bonds. The van der Waals surface area contributed by atoms with Crippen LogP contribution in [-0.4, -0.2) is 25.8 Å². The van der Waals surface area contributed by atoms with Gasteiger partial charge in [0.2, 0.25) is 10.0 Å². The van der Waals surface area contributed by atoms with Gasteiger partial charge in [0.25, 0.3) is 0 Å². The Hall–Kier alpha value is 0.190. The minimum atomic E-state index is -3.64. The Labute approximate surface area is 126 Å². The largest absolute Gasteiger partial charge is 0.246 e. The molecular weight excluding hydrogens is 361 g/mol. The number of hydrogen-bond donors (Lipinski definition) is 0. The van der Waals surface area contributed by atoms with Gasteiger partial charge in [0.15, 0.2) is 0 Å². The number of hydrogen-bond acceptors (Lipinski definition) is 2. The molecule has 0 saturated heterocycles. The van der Waals surface area contributed by atoms with Crippen molar-refractivity contribution >= 4 is 49.2 Å². The summed E-state index contributed by atoms with van der Waals surface area (Å²) in [4.78, 5) is -0.0238. The molecule has 102 valence electrons. The van der Waals surface area contributed by atoms with Gasteiger partial charge in [0.05, 0.1) is 10.0 Å². The van der Waals surface area contributed by atoms with Crippen molar-refractivity contribution < 1.29 is 8.42 Å². The minimum absolute atomic E-state index is 0.0238. The first kappa shape index (κ1) is 16.2. The second kappa shape index (κ2) is 6.57. The van der Waals surface area contributed by atoms with Crippen LogP contribution in [0.2, 0.25) is 10.0 Å². The van der Waals surface area contributed by atoms with E-state index in [9.17, 15) is 8.42 Å². The summed E-state index contributed by atoms with van der Waals surface area (Å²) in [6.45, 7) is 4.54. The highest BCUT2D eigenvalue weighted by Crippen LogP contribution is 2.34. The fourth-order valence-corrected chi connectivity index (χ4v) is 5.03. The Kier molecular flexibility index (Phi) is 5.93. The third-order valence-electron chi connectivity index (χ3n) is 2.39. The molecule has 3 nitrogen and oxygen atoms in total. The van der Waals surface area contributed by atoms with E-state index < -0.39 is 10.0 Å². The molecule has 1 rings (SSSR count). The van der Waals surface area contributed by atoms with Gasteiger partial charge in [-0.15, -0.1) is 0 Å². The molecular formula is C11H14BrCl2NO2S. The van der Waals surface area contributed by atoms with Crippen LogP contribution < -0.4 is 0 Å². The highest BCUT2D eigenvalue weighted by Gasteiger charge is 2.27. The Morgan fingerprint density at radius 3 is 2.11 bits per heavy atom. The van der Waals surface area contributed by atoms with Crippen molar-refractivity contribution in [1.82, 2.24) is 4.31 Å². The summed E-state index contributed by atoms with van der Waals surface area (Å²) in [6, 6.07) is 3.06. The Balaban J connectivity index is 3.36. The first-order chi connectivity index (χ1) is 8.34. The minimum Gasteiger partial charge on any atom is -0.207 e. The molecule has 0 aromatic heterocycles. The molecule has 0 saturated carbocycles. The van der Waals surface area contributed by atoms with Gasteiger partial charge in [-0.25, -0.2) is 8.42 Å². The molecule has 0 unspecified atom stereocenters. The average Bonchev–Trinajstić information content (AvgIpc) is 2.23. The SMILES string of the molecule is CCCN(CC)S(=O)(=O)c1c(Cl)cc(Br)cc1Cl. The molecule has 0 bridgehead atoms. The highest BCUT2D eigenvalue weighted by atomic mass is 79.9. The summed E-state index contributed by atoms with van der Waals surface area (Å²) >= 11 is 15.2. The standard InChI is InChI=1S/C11H14BrCl2NO2S/c1-3-5-15(4-2)18(16,17)11-9(13)6-8(12)7-10(11)14/h6-7H,3-5H2,1-2H3. The fraction of sp³-hybridized carbons (Fsp3) is 0.455. The van der Waals surface area contributed by atoms with Crippen molar-refractivity contribution in [2.24, 2.45) is 0 Å². The molecule has 7 heteroatoms. The number of sulfonamides is 1. The van der Waals surface area contributed by atoms with Crippen LogP contribution in [0, 0.1) is 0 Å². The van der Waals surface area contributed by atoms with Crippen LogP contribution in [0.4, 0.5) is 0 Å². The van der Waals surface area contributed by atoms with Crippen LogP contribution in [0.1, 0.15) is 20.3 Å². The summed E-state index contributed by atoms with van der Waals surface area (Å²) in [5.74, 6) is 0. The van der Waals surface area contributed by atoms with Crippen molar-refractivity contribution in [3.8, 4) is 0 Å². The Morgan fingerprint density at radius 2 is 1.72 bits per heavy atom. The van der Waals surface area contributed by atoms with Gasteiger partial charge in [-0.1, -0.05) is 53.0 Å². The van der Waals surface area contributed by atoms with Crippen molar-refractivity contribution in [2.45, 2.75) is 25.2 Å². The fourth-order valence-electron chi connectivity index (χ4n) is 1.60. The molecule has 0 fully saturated rings. The van der Waals surface area contributed by atoms with E-state index in [1.54, 1.807) is 6.92 Å². The Morgan fingerprint density at radius 1 is 1.22 bits per heavy atom. The van der Waals surface area contributed by atoms with E-state index in [-0.39, 0.29) is 14.9 Å². The van der Waals surface area contributed by atoms with E-state index in [1.807, 2.05) is 6.92 Å². The van der Waals surface area contributed by atoms with E-state index in [1.165, 1.54) is 16.4 Å². The first-order valence-corrected chi connectivity index (χ1v) is 8.48. The van der Waals surface area contributed by atoms with Gasteiger partial charge in [-0.05, 0) is 18.6 Å². The van der Waals surface area contributed by atoms with Crippen molar-refractivity contribution in [2.75, 3.05) is 13.1 Å². The molecule has 0 atom stereocenters. The number of nitrogens with zero attached hydrogens (tertiary/aromatic N) is 1. The van der Waals surface area contributed by atoms with E-state index >= 15 is 0 Å². The van der Waals surface area contributed by atoms with Crippen LogP contribution in [0.3, 0.4) is 0 Å². The zero-order valence-electron chi connectivity index (χ0n) is 10.1. The van der Waals surface area contributed by atoms with Gasteiger partial charge < -0.3 is 0 Å². The maximum absolute atomic E-state index is 12.4. The molecule has 0 aliphatic heterocycles. The molecule has 0 heterocycles. The van der Waals surface area contributed by atoms with Gasteiger partial charge in [-0.2, -0.15) is 4.31 Å². The second-order valence-electron chi connectivity index (χ2n) is 3.70. The average molecular weight is 375 g/mol. The van der Waals surface area contributed by atoms with E-state index in [4.69, 9.17) is 23.2 Å². The summed E-state index contributed by atoms with van der Waals surface area (Å²) in [5.41, 5.74) is 0. The normalized spacial score (nSPS) is 12.1. The monoisotopic (exact) mass is 373 g/mol. The molecule has 0 N–H and O–H groups in total. The molecule has 1 aromatic rings. The number of benzene rings is 1. The summed E-state index contributed by atoms with van der Waals surface area (Å²) in [7, 11) is -3.64. The molecule has 1 aromatic carbocycles. The summed E-state index contributed by atoms with van der Waals surface area (Å²) < 4.78 is 26.9. The van der Waals surface area contributed by atoms with Crippen molar-refractivity contribution in [3.63, 3.8) is 0 Å². The number of halogens is 3. The first-order valence-electron chi connectivity index (χ1n) is 5.49. The number of rotatable bonds is 5. The van der Waals surface area contributed by atoms with Gasteiger partial charge in [-0.3, -0.25) is 0 Å². The predicted molar refractivity (Wildman–Crippen MR) is 78.9 cm³/mol. The van der Waals surface area contributed by atoms with Crippen molar-refractivity contribution in [1.29, 1.82) is 0 Å². The third-order valence-corrected chi connectivity index (χ3v) is 5.74. The lowest BCUT2D eigenvalue weighted by Crippen LogP contribution is -2.32. The van der Waals surface area contributed by atoms with Crippen LogP contribution in [0.5, 0.6) is 0 Å². The van der Waals surface area contributed by atoms with Crippen LogP contribution in [0.25, 0.3) is 0 Å². The quantitative estimate of drug-likeness (QED) is 0.775. The van der Waals surface area contributed by atoms with Crippen molar-refractivity contribution in [3.05, 3.63) is 26.7 Å². The lowest BCUT2D eigenvalue weighted by Gasteiger charge is -2.21. The lowest BCUT2D eigenvalue weighted by atomic mass is 10.4. The predicted octanol–water partition coefficient (Wildman–Crippen LogP) is 4.18. The Bertz CT molecular complexity index is 511. The lowest BCUT2D eigenvalue weighted by molar-refractivity contribution is 0.427. The van der Waals surface area contributed by atoms with E-state index in [0.717, 1.165) is 6.42 Å². The van der Waals surface area contributed by atoms with E-state index in [0.29, 0.717) is 17.6 Å². The smallest absolute Gasteiger partial charge is 0.207 e. The zero-order chi connectivity index (χ0) is 13.9. The topological polar surface area (TPSA) is 37.4 Å². The van der Waals surface area contributed by atoms with Crippen LogP contribution >= 0.6 is 39.1 Å². The molecule has 0 aliphatic rings. The van der Waals surface area contributed by atoms with Gasteiger partial charge >= 0.3 is 0 Å². The molecule has 18 heavy (non-hydrogen) atoms. The molecule has 0 radical (unpaired) electrons. The highest BCUT2D eigenvalue weighted by molar-refractivity contribution is 9.10. The van der Waals surface area contributed by atoms with Crippen LogP contribution in [-0.2, 0) is 10.0 Å². The zero-order valence-corrected chi connectivity index (χ0v) is 14.0. The summed E-state index contributed by atoms with van der Waals surface area (Å²) in [6.07, 6.45) is 0.735. The summed E-state index contributed by atoms with van der Waals surface area (Å²) in [5, 5.41) is 0.257. The van der Waals surface area contributed by atoms with Gasteiger partial charge in [0.1, 0.15) is 4.90 Å². The maximum atomic E-state index is 12.4. The second-order valence-corrected chi connectivity index (χ2v) is 7.30. The maximum Gasteiger partial charge on any atom is 0.246 e. The molecule has 0 spiro atoms. The van der Waals surface area contributed by atoms with Crippen LogP contribution in [0.15, 0.2) is 21.5 Å². The van der Waals surface area contributed by atoms with Gasteiger partial charge in [0, 0.05) is 17.6 Å². The molecule has 0 aliphatic carbocycles. The third kappa shape index (κ3) is 3.39.